The van der Waals surface area contributed by atoms with E-state index in [9.17, 15) is 10.2 Å². The van der Waals surface area contributed by atoms with Crippen molar-refractivity contribution in [2.24, 2.45) is 0 Å². The fourth-order valence-electron chi connectivity index (χ4n) is 2.55. The van der Waals surface area contributed by atoms with Crippen LogP contribution in [-0.2, 0) is 0 Å². The summed E-state index contributed by atoms with van der Waals surface area (Å²) in [6.45, 7) is 2.94. The van der Waals surface area contributed by atoms with Crippen LogP contribution in [0.3, 0.4) is 0 Å². The maximum atomic E-state index is 10.00. The van der Waals surface area contributed by atoms with Gasteiger partial charge in [0, 0.05) is 0 Å². The van der Waals surface area contributed by atoms with E-state index >= 15 is 0 Å². The van der Waals surface area contributed by atoms with Crippen molar-refractivity contribution in [3.8, 4) is 17.2 Å². The molecule has 0 aliphatic carbocycles. The summed E-state index contributed by atoms with van der Waals surface area (Å²) in [5.74, 6) is 1.58. The van der Waals surface area contributed by atoms with Gasteiger partial charge in [0.15, 0.2) is 0 Å². The second-order valence-electron chi connectivity index (χ2n) is 6.25. The number of aliphatic hydroxyl groups excluding tert-OH is 1. The molecule has 3 rings (SSSR count). The van der Waals surface area contributed by atoms with E-state index in [1.807, 2.05) is 0 Å². The van der Waals surface area contributed by atoms with E-state index in [2.05, 4.69) is 4.98 Å². The number of aromatic nitrogens is 1. The molecule has 0 saturated carbocycles. The number of aliphatic hydroxyl groups is 2. The molecular formula is C18H21NO6. The number of methoxy groups -OCH3 is 2. The average Bonchev–Trinajstić information content (AvgIpc) is 3.04. The Bertz CT molecular complexity index is 896. The first-order valence-corrected chi connectivity index (χ1v) is 7.82. The zero-order valence-electron chi connectivity index (χ0n) is 14.6. The molecule has 2 N–H and O–H groups in total. The number of rotatable bonds is 6. The Kier molecular flexibility index (Phi) is 4.45. The van der Waals surface area contributed by atoms with Gasteiger partial charge in [0.1, 0.15) is 35.5 Å². The summed E-state index contributed by atoms with van der Waals surface area (Å²) in [5, 5.41) is 21.2. The minimum atomic E-state index is -1.28. The highest BCUT2D eigenvalue weighted by atomic mass is 16.5. The molecule has 0 aliphatic heterocycles. The Morgan fingerprint density at radius 1 is 1.16 bits per heavy atom. The number of ether oxygens (including phenoxy) is 3. The molecule has 0 amide bonds. The lowest BCUT2D eigenvalue weighted by Crippen LogP contribution is -2.40. The van der Waals surface area contributed by atoms with E-state index in [0.29, 0.717) is 33.9 Å². The van der Waals surface area contributed by atoms with E-state index in [1.54, 1.807) is 32.4 Å². The molecule has 2 heterocycles. The number of pyridine rings is 1. The monoisotopic (exact) mass is 347 g/mol. The van der Waals surface area contributed by atoms with E-state index in [-0.39, 0.29) is 6.61 Å². The molecule has 134 valence electrons. The van der Waals surface area contributed by atoms with Gasteiger partial charge in [-0.25, -0.2) is 4.98 Å². The number of hydrogen-bond acceptors (Lipinski definition) is 7. The molecule has 1 atom stereocenters. The van der Waals surface area contributed by atoms with E-state index < -0.39 is 11.7 Å². The van der Waals surface area contributed by atoms with Crippen LogP contribution in [0.4, 0.5) is 0 Å². The molecule has 0 aliphatic rings. The molecule has 1 aromatic carbocycles. The zero-order valence-corrected chi connectivity index (χ0v) is 14.6. The number of hydrogen-bond donors (Lipinski definition) is 2. The number of fused-ring (bicyclic) bond motifs is 2. The Balaban J connectivity index is 2.14. The third kappa shape index (κ3) is 3.08. The summed E-state index contributed by atoms with van der Waals surface area (Å²) < 4.78 is 22.1. The molecule has 0 radical (unpaired) electrons. The number of nitrogens with zero attached hydrogens (tertiary/aromatic N) is 1. The van der Waals surface area contributed by atoms with Gasteiger partial charge in [-0.15, -0.1) is 0 Å². The summed E-state index contributed by atoms with van der Waals surface area (Å²) in [4.78, 5) is 4.50. The third-order valence-electron chi connectivity index (χ3n) is 4.07. The molecule has 0 saturated heterocycles. The predicted molar refractivity (Wildman–Crippen MR) is 92.4 cm³/mol. The molecule has 2 aromatic heterocycles. The number of furan rings is 1. The first kappa shape index (κ1) is 17.3. The lowest BCUT2D eigenvalue weighted by atomic mass is 10.0. The molecular weight excluding hydrogens is 326 g/mol. The highest BCUT2D eigenvalue weighted by Gasteiger charge is 2.26. The van der Waals surface area contributed by atoms with Crippen LogP contribution >= 0.6 is 0 Å². The average molecular weight is 347 g/mol. The second-order valence-corrected chi connectivity index (χ2v) is 6.25. The van der Waals surface area contributed by atoms with Gasteiger partial charge in [-0.05, 0) is 32.0 Å². The fourth-order valence-corrected chi connectivity index (χ4v) is 2.55. The minimum absolute atomic E-state index is 0.0921. The van der Waals surface area contributed by atoms with Crippen LogP contribution < -0.4 is 14.2 Å². The first-order valence-electron chi connectivity index (χ1n) is 7.82. The summed E-state index contributed by atoms with van der Waals surface area (Å²) in [6.07, 6.45) is 0.475. The normalized spacial score (nSPS) is 13.2. The van der Waals surface area contributed by atoms with Crippen molar-refractivity contribution in [2.75, 3.05) is 20.8 Å². The van der Waals surface area contributed by atoms with Crippen molar-refractivity contribution in [3.05, 3.63) is 24.5 Å². The molecule has 0 bridgehead atoms. The van der Waals surface area contributed by atoms with Gasteiger partial charge in [0.25, 0.3) is 0 Å². The van der Waals surface area contributed by atoms with Crippen molar-refractivity contribution in [2.45, 2.75) is 25.6 Å². The molecule has 25 heavy (non-hydrogen) atoms. The molecule has 1 unspecified atom stereocenters. The van der Waals surface area contributed by atoms with Crippen molar-refractivity contribution >= 4 is 22.0 Å². The molecule has 0 spiro atoms. The second kappa shape index (κ2) is 6.42. The van der Waals surface area contributed by atoms with Crippen LogP contribution in [0.25, 0.3) is 22.0 Å². The van der Waals surface area contributed by atoms with Crippen molar-refractivity contribution in [1.29, 1.82) is 0 Å². The molecule has 7 nitrogen and oxygen atoms in total. The van der Waals surface area contributed by atoms with Crippen LogP contribution in [-0.4, -0.2) is 47.7 Å². The molecule has 7 heteroatoms. The van der Waals surface area contributed by atoms with Crippen molar-refractivity contribution in [1.82, 2.24) is 4.98 Å². The SMILES string of the molecule is COc1ccc(OCC(O)C(C)(C)O)c2nc3occc3c(OC)c12. The summed E-state index contributed by atoms with van der Waals surface area (Å²) in [5.41, 5.74) is -0.381. The van der Waals surface area contributed by atoms with Crippen molar-refractivity contribution < 1.29 is 28.8 Å². The first-order chi connectivity index (χ1) is 11.9. The van der Waals surface area contributed by atoms with Gasteiger partial charge in [-0.2, -0.15) is 0 Å². The minimum Gasteiger partial charge on any atom is -0.496 e. The highest BCUT2D eigenvalue weighted by Crippen LogP contribution is 2.42. The maximum absolute atomic E-state index is 10.00. The lowest BCUT2D eigenvalue weighted by Gasteiger charge is -2.24. The van der Waals surface area contributed by atoms with Crippen LogP contribution in [0.5, 0.6) is 17.2 Å². The highest BCUT2D eigenvalue weighted by molar-refractivity contribution is 6.04. The Labute approximate surface area is 144 Å². The van der Waals surface area contributed by atoms with Gasteiger partial charge < -0.3 is 28.8 Å². The molecule has 3 aromatic rings. The fraction of sp³-hybridized carbons (Fsp3) is 0.389. The van der Waals surface area contributed by atoms with Gasteiger partial charge in [0.2, 0.25) is 5.71 Å². The quantitative estimate of drug-likeness (QED) is 0.707. The standard InChI is InChI=1S/C18H21NO6/c1-18(2,21)13(20)9-25-12-6-5-11(22-3)14-15(12)19-17-10(7-8-24-17)16(14)23-4/h5-8,13,20-21H,9H2,1-4H3. The maximum Gasteiger partial charge on any atom is 0.230 e. The van der Waals surface area contributed by atoms with Gasteiger partial charge in [-0.1, -0.05) is 0 Å². The van der Waals surface area contributed by atoms with Gasteiger partial charge >= 0.3 is 0 Å². The van der Waals surface area contributed by atoms with Crippen LogP contribution in [0.15, 0.2) is 28.9 Å². The van der Waals surface area contributed by atoms with Crippen LogP contribution in [0.1, 0.15) is 13.8 Å². The predicted octanol–water partition coefficient (Wildman–Crippen LogP) is 2.51. The van der Waals surface area contributed by atoms with Gasteiger partial charge in [-0.3, -0.25) is 0 Å². The van der Waals surface area contributed by atoms with E-state index in [0.717, 1.165) is 5.39 Å². The third-order valence-corrected chi connectivity index (χ3v) is 4.07. The molecule has 0 fully saturated rings. The summed E-state index contributed by atoms with van der Waals surface area (Å²) in [6, 6.07) is 5.20. The topological polar surface area (TPSA) is 94.2 Å². The summed E-state index contributed by atoms with van der Waals surface area (Å²) in [7, 11) is 3.12. The van der Waals surface area contributed by atoms with E-state index in [1.165, 1.54) is 20.1 Å². The van der Waals surface area contributed by atoms with E-state index in [4.69, 9.17) is 18.6 Å². The number of benzene rings is 1. The summed E-state index contributed by atoms with van der Waals surface area (Å²) >= 11 is 0. The smallest absolute Gasteiger partial charge is 0.230 e. The Morgan fingerprint density at radius 3 is 2.52 bits per heavy atom. The Hall–Kier alpha value is -2.51. The largest absolute Gasteiger partial charge is 0.496 e. The van der Waals surface area contributed by atoms with Crippen molar-refractivity contribution in [3.63, 3.8) is 0 Å². The van der Waals surface area contributed by atoms with Crippen LogP contribution in [0, 0.1) is 0 Å². The Morgan fingerprint density at radius 2 is 1.88 bits per heavy atom. The lowest BCUT2D eigenvalue weighted by molar-refractivity contribution is -0.0660. The zero-order chi connectivity index (χ0) is 18.2. The van der Waals surface area contributed by atoms with Gasteiger partial charge in [0.05, 0.1) is 36.9 Å². The van der Waals surface area contributed by atoms with Crippen LogP contribution in [0.2, 0.25) is 0 Å².